The van der Waals surface area contributed by atoms with E-state index < -0.39 is 5.82 Å². The first kappa shape index (κ1) is 13.4. The van der Waals surface area contributed by atoms with E-state index in [0.717, 1.165) is 26.2 Å². The second kappa shape index (κ2) is 5.73. The fourth-order valence-corrected chi connectivity index (χ4v) is 2.35. The molecule has 0 amide bonds. The summed E-state index contributed by atoms with van der Waals surface area (Å²) in [7, 11) is 1.32. The maximum absolute atomic E-state index is 13.8. The number of benzene rings is 1. The molecule has 0 atom stereocenters. The largest absolute Gasteiger partial charge is 0.504 e. The fraction of sp³-hybridized carbons (Fsp3) is 0.500. The molecule has 4 nitrogen and oxygen atoms in total. The Morgan fingerprint density at radius 1 is 1.50 bits per heavy atom. The number of rotatable bonds is 3. The van der Waals surface area contributed by atoms with Gasteiger partial charge in [0.2, 0.25) is 5.82 Å². The Balaban J connectivity index is 2.22. The normalized spacial score (nSPS) is 16.8. The van der Waals surface area contributed by atoms with Gasteiger partial charge in [-0.25, -0.2) is 0 Å². The topological polar surface area (TPSA) is 44.7 Å². The van der Waals surface area contributed by atoms with Crippen LogP contribution in [0.4, 0.5) is 4.39 Å². The van der Waals surface area contributed by atoms with Crippen molar-refractivity contribution in [2.75, 3.05) is 33.3 Å². The summed E-state index contributed by atoms with van der Waals surface area (Å²) in [5, 5.41) is 13.2. The van der Waals surface area contributed by atoms with Crippen molar-refractivity contribution in [3.63, 3.8) is 0 Å². The molecule has 1 aliphatic heterocycles. The standard InChI is InChI=1S/C12H16ClFN2O2/c1-18-12-9(13)6-8(11(17)10(12)14)7-16-4-2-15-3-5-16/h6,15,17H,2-5,7H2,1H3. The third-order valence-corrected chi connectivity index (χ3v) is 3.32. The third kappa shape index (κ3) is 2.68. The van der Waals surface area contributed by atoms with Gasteiger partial charge in [-0.05, 0) is 6.07 Å². The van der Waals surface area contributed by atoms with Crippen LogP contribution in [0.1, 0.15) is 5.56 Å². The van der Waals surface area contributed by atoms with Crippen molar-refractivity contribution < 1.29 is 14.2 Å². The van der Waals surface area contributed by atoms with Crippen molar-refractivity contribution in [3.8, 4) is 11.5 Å². The first-order valence-corrected chi connectivity index (χ1v) is 6.18. The lowest BCUT2D eigenvalue weighted by Gasteiger charge is -2.27. The van der Waals surface area contributed by atoms with Gasteiger partial charge in [0.1, 0.15) is 0 Å². The van der Waals surface area contributed by atoms with Gasteiger partial charge in [0.05, 0.1) is 12.1 Å². The van der Waals surface area contributed by atoms with Gasteiger partial charge in [0.15, 0.2) is 11.5 Å². The van der Waals surface area contributed by atoms with E-state index in [0.29, 0.717) is 12.1 Å². The van der Waals surface area contributed by atoms with E-state index in [9.17, 15) is 9.50 Å². The van der Waals surface area contributed by atoms with Gasteiger partial charge < -0.3 is 15.2 Å². The van der Waals surface area contributed by atoms with Gasteiger partial charge in [-0.3, -0.25) is 4.90 Å². The summed E-state index contributed by atoms with van der Waals surface area (Å²) in [5.74, 6) is -1.29. The summed E-state index contributed by atoms with van der Waals surface area (Å²) in [4.78, 5) is 2.13. The zero-order chi connectivity index (χ0) is 13.1. The maximum Gasteiger partial charge on any atom is 0.208 e. The highest BCUT2D eigenvalue weighted by atomic mass is 35.5. The lowest BCUT2D eigenvalue weighted by Crippen LogP contribution is -2.42. The minimum Gasteiger partial charge on any atom is -0.504 e. The van der Waals surface area contributed by atoms with Gasteiger partial charge in [-0.1, -0.05) is 11.6 Å². The summed E-state index contributed by atoms with van der Waals surface area (Å²) in [6.07, 6.45) is 0. The van der Waals surface area contributed by atoms with E-state index in [1.165, 1.54) is 7.11 Å². The lowest BCUT2D eigenvalue weighted by molar-refractivity contribution is 0.229. The summed E-state index contributed by atoms with van der Waals surface area (Å²) in [5.41, 5.74) is 0.486. The van der Waals surface area contributed by atoms with Crippen LogP contribution in [0, 0.1) is 5.82 Å². The molecule has 1 aliphatic rings. The Morgan fingerprint density at radius 3 is 2.78 bits per heavy atom. The average Bonchev–Trinajstić information content (AvgIpc) is 2.37. The molecule has 100 valence electrons. The number of aromatic hydroxyl groups is 1. The molecule has 1 fully saturated rings. The number of nitrogens with zero attached hydrogens (tertiary/aromatic N) is 1. The highest BCUT2D eigenvalue weighted by Crippen LogP contribution is 2.36. The molecule has 0 radical (unpaired) electrons. The van der Waals surface area contributed by atoms with Crippen molar-refractivity contribution in [1.82, 2.24) is 10.2 Å². The molecule has 1 aromatic rings. The zero-order valence-electron chi connectivity index (χ0n) is 10.2. The number of nitrogens with one attached hydrogen (secondary N) is 1. The van der Waals surface area contributed by atoms with Gasteiger partial charge >= 0.3 is 0 Å². The SMILES string of the molecule is COc1c(Cl)cc(CN2CCNCC2)c(O)c1F. The molecule has 1 heterocycles. The molecule has 2 N–H and O–H groups in total. The molecule has 0 bridgehead atoms. The highest BCUT2D eigenvalue weighted by Gasteiger charge is 2.20. The Labute approximate surface area is 110 Å². The molecule has 1 saturated heterocycles. The van der Waals surface area contributed by atoms with Gasteiger partial charge in [0.25, 0.3) is 0 Å². The number of methoxy groups -OCH3 is 1. The minimum atomic E-state index is -0.796. The second-order valence-corrected chi connectivity index (χ2v) is 4.65. The van der Waals surface area contributed by atoms with Crippen LogP contribution in [0.5, 0.6) is 11.5 Å². The first-order chi connectivity index (χ1) is 8.63. The maximum atomic E-state index is 13.8. The fourth-order valence-electron chi connectivity index (χ4n) is 2.06. The summed E-state index contributed by atoms with van der Waals surface area (Å²) >= 11 is 5.92. The van der Waals surface area contributed by atoms with E-state index in [1.807, 2.05) is 0 Å². The van der Waals surface area contributed by atoms with Crippen LogP contribution >= 0.6 is 11.6 Å². The Bertz CT molecular complexity index is 437. The smallest absolute Gasteiger partial charge is 0.208 e. The zero-order valence-corrected chi connectivity index (χ0v) is 10.9. The summed E-state index contributed by atoms with van der Waals surface area (Å²) in [6, 6.07) is 1.56. The Kier molecular flexibility index (Phi) is 4.27. The van der Waals surface area contributed by atoms with E-state index in [4.69, 9.17) is 16.3 Å². The molecule has 0 spiro atoms. The van der Waals surface area contributed by atoms with E-state index >= 15 is 0 Å². The molecule has 0 saturated carbocycles. The third-order valence-electron chi connectivity index (χ3n) is 3.04. The molecule has 0 aromatic heterocycles. The summed E-state index contributed by atoms with van der Waals surface area (Å²) < 4.78 is 18.6. The number of ether oxygens (including phenoxy) is 1. The van der Waals surface area contributed by atoms with Crippen LogP contribution in [0.25, 0.3) is 0 Å². The molecular weight excluding hydrogens is 259 g/mol. The van der Waals surface area contributed by atoms with Crippen LogP contribution in [0.2, 0.25) is 5.02 Å². The van der Waals surface area contributed by atoms with Gasteiger partial charge in [0, 0.05) is 38.3 Å². The van der Waals surface area contributed by atoms with Gasteiger partial charge in [-0.2, -0.15) is 4.39 Å². The molecule has 0 aliphatic carbocycles. The van der Waals surface area contributed by atoms with Crippen molar-refractivity contribution >= 4 is 11.6 Å². The highest BCUT2D eigenvalue weighted by molar-refractivity contribution is 6.32. The molecule has 0 unspecified atom stereocenters. The van der Waals surface area contributed by atoms with E-state index in [-0.39, 0.29) is 16.5 Å². The van der Waals surface area contributed by atoms with Crippen molar-refractivity contribution in [3.05, 3.63) is 22.5 Å². The number of hydrogen-bond donors (Lipinski definition) is 2. The predicted octanol–water partition coefficient (Wildman–Crippen LogP) is 1.60. The molecule has 6 heteroatoms. The van der Waals surface area contributed by atoms with Gasteiger partial charge in [-0.15, -0.1) is 0 Å². The van der Waals surface area contributed by atoms with Crippen molar-refractivity contribution in [2.24, 2.45) is 0 Å². The number of phenolic OH excluding ortho intramolecular Hbond substituents is 1. The molecule has 2 rings (SSSR count). The molecular formula is C12H16ClFN2O2. The molecule has 1 aromatic carbocycles. The number of piperazine rings is 1. The van der Waals surface area contributed by atoms with Crippen LogP contribution in [0.3, 0.4) is 0 Å². The lowest BCUT2D eigenvalue weighted by atomic mass is 10.1. The summed E-state index contributed by atoms with van der Waals surface area (Å²) in [6.45, 7) is 4.00. The van der Waals surface area contributed by atoms with Crippen molar-refractivity contribution in [1.29, 1.82) is 0 Å². The number of halogens is 2. The van der Waals surface area contributed by atoms with Crippen LogP contribution < -0.4 is 10.1 Å². The first-order valence-electron chi connectivity index (χ1n) is 5.80. The quantitative estimate of drug-likeness (QED) is 0.879. The van der Waals surface area contributed by atoms with Crippen LogP contribution in [-0.4, -0.2) is 43.3 Å². The average molecular weight is 275 g/mol. The van der Waals surface area contributed by atoms with E-state index in [2.05, 4.69) is 10.2 Å². The predicted molar refractivity (Wildman–Crippen MR) is 67.8 cm³/mol. The Morgan fingerprint density at radius 2 is 2.17 bits per heavy atom. The second-order valence-electron chi connectivity index (χ2n) is 4.24. The number of hydrogen-bond acceptors (Lipinski definition) is 4. The number of phenols is 1. The molecule has 18 heavy (non-hydrogen) atoms. The van der Waals surface area contributed by atoms with Crippen LogP contribution in [-0.2, 0) is 6.54 Å². The Hall–Kier alpha value is -1.04. The van der Waals surface area contributed by atoms with Crippen LogP contribution in [0.15, 0.2) is 6.07 Å². The monoisotopic (exact) mass is 274 g/mol. The van der Waals surface area contributed by atoms with E-state index in [1.54, 1.807) is 6.07 Å². The minimum absolute atomic E-state index is 0.113. The van der Waals surface area contributed by atoms with Crippen molar-refractivity contribution in [2.45, 2.75) is 6.54 Å².